The molecule has 3 nitrogen and oxygen atoms in total. The Morgan fingerprint density at radius 3 is 2.80 bits per heavy atom. The van der Waals surface area contributed by atoms with E-state index in [1.807, 2.05) is 38.1 Å². The van der Waals surface area contributed by atoms with Gasteiger partial charge in [-0.05, 0) is 18.0 Å². The molecule has 4 heteroatoms. The van der Waals surface area contributed by atoms with Crippen molar-refractivity contribution in [2.45, 2.75) is 19.1 Å². The van der Waals surface area contributed by atoms with E-state index >= 15 is 0 Å². The van der Waals surface area contributed by atoms with Gasteiger partial charge >= 0.3 is 0 Å². The zero-order chi connectivity index (χ0) is 10.8. The summed E-state index contributed by atoms with van der Waals surface area (Å²) >= 11 is 1.43. The van der Waals surface area contributed by atoms with Crippen molar-refractivity contribution in [3.8, 4) is 0 Å². The van der Waals surface area contributed by atoms with E-state index in [-0.39, 0.29) is 5.56 Å². The highest BCUT2D eigenvalue weighted by molar-refractivity contribution is 7.98. The lowest BCUT2D eigenvalue weighted by Gasteiger charge is -2.06. The summed E-state index contributed by atoms with van der Waals surface area (Å²) in [4.78, 5) is 11.9. The molecule has 0 saturated carbocycles. The number of aromatic nitrogens is 2. The largest absolute Gasteiger partial charge is 0.285 e. The van der Waals surface area contributed by atoms with E-state index < -0.39 is 0 Å². The maximum absolute atomic E-state index is 11.9. The minimum absolute atomic E-state index is 0.0354. The van der Waals surface area contributed by atoms with E-state index in [0.717, 1.165) is 10.8 Å². The van der Waals surface area contributed by atoms with Crippen LogP contribution >= 0.6 is 11.9 Å². The summed E-state index contributed by atoms with van der Waals surface area (Å²) in [5.41, 5.74) is -0.0354. The van der Waals surface area contributed by atoms with Crippen molar-refractivity contribution in [2.24, 2.45) is 0 Å². The molecule has 0 N–H and O–H groups in total. The van der Waals surface area contributed by atoms with Crippen LogP contribution in [0.3, 0.4) is 0 Å². The smallest absolute Gasteiger partial charge is 0.266 e. The zero-order valence-electron chi connectivity index (χ0n) is 8.68. The van der Waals surface area contributed by atoms with Crippen molar-refractivity contribution in [3.05, 3.63) is 40.8 Å². The quantitative estimate of drug-likeness (QED) is 0.779. The van der Waals surface area contributed by atoms with Crippen LogP contribution in [0.15, 0.2) is 35.3 Å². The Balaban J connectivity index is 2.60. The van der Waals surface area contributed by atoms with E-state index in [2.05, 4.69) is 5.10 Å². The molecule has 1 aromatic carbocycles. The minimum Gasteiger partial charge on any atom is -0.266 e. The predicted octanol–water partition coefficient (Wildman–Crippen LogP) is 2.30. The van der Waals surface area contributed by atoms with Crippen LogP contribution in [-0.2, 0) is 0 Å². The van der Waals surface area contributed by atoms with Gasteiger partial charge in [0.15, 0.2) is 0 Å². The molecule has 0 bridgehead atoms. The number of benzene rings is 1. The molecule has 0 aliphatic carbocycles. The molecule has 0 saturated heterocycles. The van der Waals surface area contributed by atoms with Crippen LogP contribution < -0.4 is 5.56 Å². The van der Waals surface area contributed by atoms with Crippen molar-refractivity contribution in [1.29, 1.82) is 0 Å². The molecule has 1 heterocycles. The van der Waals surface area contributed by atoms with E-state index in [0.29, 0.717) is 5.25 Å². The van der Waals surface area contributed by atoms with Crippen LogP contribution in [0.2, 0.25) is 0 Å². The highest BCUT2D eigenvalue weighted by Crippen LogP contribution is 2.12. The highest BCUT2D eigenvalue weighted by atomic mass is 32.2. The second-order valence-corrected chi connectivity index (χ2v) is 5.06. The SMILES string of the molecule is CC(C)Sn1ncc2ccccc2c1=O. The number of rotatable bonds is 2. The van der Waals surface area contributed by atoms with Crippen LogP contribution in [0, 0.1) is 0 Å². The van der Waals surface area contributed by atoms with Gasteiger partial charge in [0.25, 0.3) is 5.56 Å². The lowest BCUT2D eigenvalue weighted by atomic mass is 10.2. The van der Waals surface area contributed by atoms with Crippen molar-refractivity contribution < 1.29 is 0 Å². The molecule has 0 fully saturated rings. The summed E-state index contributed by atoms with van der Waals surface area (Å²) in [5, 5.41) is 6.07. The fourth-order valence-electron chi connectivity index (χ4n) is 1.35. The molecule has 0 aliphatic heterocycles. The monoisotopic (exact) mass is 220 g/mol. The lowest BCUT2D eigenvalue weighted by molar-refractivity contribution is 0.920. The molecule has 2 rings (SSSR count). The standard InChI is InChI=1S/C11H12N2OS/c1-8(2)15-13-11(14)10-6-4-3-5-9(10)7-12-13/h3-8H,1-2H3. The van der Waals surface area contributed by atoms with Crippen molar-refractivity contribution in [3.63, 3.8) is 0 Å². The average Bonchev–Trinajstić information content (AvgIpc) is 2.22. The second-order valence-electron chi connectivity index (χ2n) is 3.56. The number of nitrogens with zero attached hydrogens (tertiary/aromatic N) is 2. The van der Waals surface area contributed by atoms with Crippen LogP contribution in [-0.4, -0.2) is 14.4 Å². The fraction of sp³-hybridized carbons (Fsp3) is 0.273. The Hall–Kier alpha value is -1.29. The summed E-state index contributed by atoms with van der Waals surface area (Å²) in [6.07, 6.45) is 1.73. The van der Waals surface area contributed by atoms with Gasteiger partial charge in [-0.15, -0.1) is 0 Å². The zero-order valence-corrected chi connectivity index (χ0v) is 9.49. The molecule has 1 aromatic heterocycles. The van der Waals surface area contributed by atoms with Crippen LogP contribution in [0.5, 0.6) is 0 Å². The number of fused-ring (bicyclic) bond motifs is 1. The van der Waals surface area contributed by atoms with Gasteiger partial charge in [0, 0.05) is 10.6 Å². The molecule has 0 atom stereocenters. The first-order valence-electron chi connectivity index (χ1n) is 4.82. The van der Waals surface area contributed by atoms with Crippen LogP contribution in [0.1, 0.15) is 13.8 Å². The number of hydrogen-bond donors (Lipinski definition) is 0. The molecule has 15 heavy (non-hydrogen) atoms. The first-order valence-corrected chi connectivity index (χ1v) is 5.66. The molecule has 0 spiro atoms. The Labute approximate surface area is 92.2 Å². The number of hydrogen-bond acceptors (Lipinski definition) is 3. The van der Waals surface area contributed by atoms with Gasteiger partial charge in [-0.2, -0.15) is 9.19 Å². The molecule has 78 valence electrons. The summed E-state index contributed by atoms with van der Waals surface area (Å²) < 4.78 is 1.45. The Morgan fingerprint density at radius 1 is 1.33 bits per heavy atom. The second kappa shape index (κ2) is 4.06. The Kier molecular flexibility index (Phi) is 2.77. The van der Waals surface area contributed by atoms with Gasteiger partial charge in [0.05, 0.1) is 11.6 Å². The molecular weight excluding hydrogens is 208 g/mol. The lowest BCUT2D eigenvalue weighted by Crippen LogP contribution is -2.19. The molecular formula is C11H12N2OS. The normalized spacial score (nSPS) is 11.1. The van der Waals surface area contributed by atoms with Crippen molar-refractivity contribution in [1.82, 2.24) is 9.19 Å². The molecule has 0 amide bonds. The third-order valence-electron chi connectivity index (χ3n) is 1.98. The van der Waals surface area contributed by atoms with Gasteiger partial charge in [0.2, 0.25) is 0 Å². The van der Waals surface area contributed by atoms with Crippen molar-refractivity contribution in [2.75, 3.05) is 0 Å². The summed E-state index contributed by atoms with van der Waals surface area (Å²) in [6, 6.07) is 7.50. The van der Waals surface area contributed by atoms with Gasteiger partial charge in [0.1, 0.15) is 0 Å². The molecule has 0 unspecified atom stereocenters. The fourth-order valence-corrected chi connectivity index (χ4v) is 2.04. The maximum atomic E-state index is 11.9. The third kappa shape index (κ3) is 2.04. The molecule has 0 aliphatic rings. The van der Waals surface area contributed by atoms with Gasteiger partial charge in [-0.1, -0.05) is 32.0 Å². The van der Waals surface area contributed by atoms with Crippen LogP contribution in [0.25, 0.3) is 10.8 Å². The van der Waals surface area contributed by atoms with Crippen molar-refractivity contribution >= 4 is 22.7 Å². The minimum atomic E-state index is -0.0354. The van der Waals surface area contributed by atoms with E-state index in [1.165, 1.54) is 16.0 Å². The summed E-state index contributed by atoms with van der Waals surface area (Å²) in [7, 11) is 0. The van der Waals surface area contributed by atoms with E-state index in [1.54, 1.807) is 6.20 Å². The average molecular weight is 220 g/mol. The first-order chi connectivity index (χ1) is 7.18. The summed E-state index contributed by atoms with van der Waals surface area (Å²) in [5.74, 6) is 0. The molecule has 2 aromatic rings. The topological polar surface area (TPSA) is 34.9 Å². The van der Waals surface area contributed by atoms with Gasteiger partial charge in [-0.25, -0.2) is 0 Å². The van der Waals surface area contributed by atoms with Gasteiger partial charge < -0.3 is 0 Å². The highest BCUT2D eigenvalue weighted by Gasteiger charge is 2.05. The summed E-state index contributed by atoms with van der Waals surface area (Å²) in [6.45, 7) is 4.07. The van der Waals surface area contributed by atoms with E-state index in [4.69, 9.17) is 0 Å². The van der Waals surface area contributed by atoms with Gasteiger partial charge in [-0.3, -0.25) is 4.79 Å². The maximum Gasteiger partial charge on any atom is 0.285 e. The molecule has 0 radical (unpaired) electrons. The predicted molar refractivity (Wildman–Crippen MR) is 64.1 cm³/mol. The van der Waals surface area contributed by atoms with Crippen LogP contribution in [0.4, 0.5) is 0 Å². The Bertz CT molecular complexity index is 533. The first kappa shape index (κ1) is 10.2. The Morgan fingerprint density at radius 2 is 2.07 bits per heavy atom. The third-order valence-corrected chi connectivity index (χ3v) is 2.86. The van der Waals surface area contributed by atoms with E-state index in [9.17, 15) is 4.79 Å².